The highest BCUT2D eigenvalue weighted by atomic mass is 16.4. The molecule has 0 atom stereocenters. The predicted octanol–water partition coefficient (Wildman–Crippen LogP) is 1.91. The third-order valence-electron chi connectivity index (χ3n) is 4.69. The van der Waals surface area contributed by atoms with Crippen LogP contribution in [-0.2, 0) is 7.05 Å². The van der Waals surface area contributed by atoms with Gasteiger partial charge in [-0.2, -0.15) is 0 Å². The molecule has 0 amide bonds. The lowest BCUT2D eigenvalue weighted by molar-refractivity contribution is 0.0687. The lowest BCUT2D eigenvalue weighted by Crippen LogP contribution is -2.34. The number of fused-ring (bicyclic) bond motifs is 2. The fourth-order valence-electron chi connectivity index (χ4n) is 3.42. The number of anilines is 1. The van der Waals surface area contributed by atoms with E-state index in [0.29, 0.717) is 21.8 Å². The number of carbonyl (C=O) groups is 1. The fourth-order valence-corrected chi connectivity index (χ4v) is 3.42. The first-order chi connectivity index (χ1) is 12.9. The Morgan fingerprint density at radius 1 is 1.11 bits per heavy atom. The number of nitrogens with one attached hydrogen (secondary N) is 2. The van der Waals surface area contributed by atoms with Crippen molar-refractivity contribution < 1.29 is 9.90 Å². The summed E-state index contributed by atoms with van der Waals surface area (Å²) in [5.41, 5.74) is 0.382. The van der Waals surface area contributed by atoms with Crippen LogP contribution in [0, 0.1) is 0 Å². The molecule has 0 fully saturated rings. The normalized spacial score (nSPS) is 11.2. The Kier molecular flexibility index (Phi) is 3.62. The van der Waals surface area contributed by atoms with Crippen molar-refractivity contribution in [3.8, 4) is 5.69 Å². The Bertz CT molecular complexity index is 1340. The molecule has 2 heterocycles. The van der Waals surface area contributed by atoms with E-state index in [0.717, 1.165) is 10.3 Å². The summed E-state index contributed by atoms with van der Waals surface area (Å²) in [6, 6.07) is 11.9. The summed E-state index contributed by atoms with van der Waals surface area (Å²) >= 11 is 0. The SMILES string of the molecule is CNc1ccc2c(c1)c(-n1c(=O)[nH]c3ccccc3c1=O)c(C(=O)O)n2C. The van der Waals surface area contributed by atoms with Gasteiger partial charge in [0.2, 0.25) is 0 Å². The minimum absolute atomic E-state index is 0.0501. The molecule has 0 saturated heterocycles. The van der Waals surface area contributed by atoms with Crippen molar-refractivity contribution in [3.63, 3.8) is 0 Å². The maximum atomic E-state index is 13.1. The first kappa shape index (κ1) is 16.6. The molecule has 3 N–H and O–H groups in total. The predicted molar refractivity (Wildman–Crippen MR) is 103 cm³/mol. The molecular weight excluding hydrogens is 348 g/mol. The van der Waals surface area contributed by atoms with Gasteiger partial charge in [-0.05, 0) is 30.3 Å². The molecule has 136 valence electrons. The lowest BCUT2D eigenvalue weighted by Gasteiger charge is -2.08. The largest absolute Gasteiger partial charge is 0.477 e. The van der Waals surface area contributed by atoms with Gasteiger partial charge in [-0.3, -0.25) is 4.79 Å². The van der Waals surface area contributed by atoms with Crippen molar-refractivity contribution in [1.82, 2.24) is 14.1 Å². The van der Waals surface area contributed by atoms with Crippen molar-refractivity contribution >= 4 is 33.5 Å². The Balaban J connectivity index is 2.24. The quantitative estimate of drug-likeness (QED) is 0.514. The fraction of sp³-hybridized carbons (Fsp3) is 0.105. The number of carboxylic acid groups (broad SMARTS) is 1. The maximum Gasteiger partial charge on any atom is 0.354 e. The number of aromatic amines is 1. The number of nitrogens with zero attached hydrogens (tertiary/aromatic N) is 2. The number of rotatable bonds is 3. The van der Waals surface area contributed by atoms with Crippen molar-refractivity contribution in [3.05, 3.63) is 69.0 Å². The average Bonchev–Trinajstić information content (AvgIpc) is 2.94. The molecule has 4 rings (SSSR count). The second-order valence-corrected chi connectivity index (χ2v) is 6.16. The van der Waals surface area contributed by atoms with Crippen LogP contribution in [0.4, 0.5) is 5.69 Å². The van der Waals surface area contributed by atoms with Crippen molar-refractivity contribution in [2.45, 2.75) is 0 Å². The van der Waals surface area contributed by atoms with Crippen LogP contribution in [0.25, 0.3) is 27.5 Å². The molecule has 0 unspecified atom stereocenters. The molecule has 0 spiro atoms. The third-order valence-corrected chi connectivity index (χ3v) is 4.69. The van der Waals surface area contributed by atoms with E-state index in [-0.39, 0.29) is 11.4 Å². The first-order valence-electron chi connectivity index (χ1n) is 8.22. The minimum atomic E-state index is -1.23. The number of H-pyrrole nitrogens is 1. The van der Waals surface area contributed by atoms with Crippen LogP contribution >= 0.6 is 0 Å². The molecule has 0 bridgehead atoms. The summed E-state index contributed by atoms with van der Waals surface area (Å²) in [6.07, 6.45) is 0. The van der Waals surface area contributed by atoms with Gasteiger partial charge in [0.25, 0.3) is 5.56 Å². The van der Waals surface area contributed by atoms with Gasteiger partial charge in [0.15, 0.2) is 5.69 Å². The zero-order chi connectivity index (χ0) is 19.3. The molecule has 0 aliphatic heterocycles. The average molecular weight is 364 g/mol. The number of aryl methyl sites for hydroxylation is 1. The number of para-hydroxylation sites is 1. The molecule has 0 radical (unpaired) electrons. The van der Waals surface area contributed by atoms with E-state index in [2.05, 4.69) is 10.3 Å². The Morgan fingerprint density at radius 3 is 2.56 bits per heavy atom. The zero-order valence-electron chi connectivity index (χ0n) is 14.6. The molecule has 4 aromatic rings. The second-order valence-electron chi connectivity index (χ2n) is 6.16. The van der Waals surface area contributed by atoms with Gasteiger partial charge in [0.05, 0.1) is 22.1 Å². The summed E-state index contributed by atoms with van der Waals surface area (Å²) < 4.78 is 2.36. The monoisotopic (exact) mass is 364 g/mol. The highest BCUT2D eigenvalue weighted by Crippen LogP contribution is 2.30. The minimum Gasteiger partial charge on any atom is -0.477 e. The molecule has 8 heteroatoms. The summed E-state index contributed by atoms with van der Waals surface area (Å²) in [5.74, 6) is -1.23. The number of hydrogen-bond acceptors (Lipinski definition) is 4. The van der Waals surface area contributed by atoms with Crippen LogP contribution in [-0.4, -0.2) is 32.2 Å². The van der Waals surface area contributed by atoms with Crippen LogP contribution in [0.1, 0.15) is 10.5 Å². The van der Waals surface area contributed by atoms with Crippen LogP contribution < -0.4 is 16.6 Å². The Hall–Kier alpha value is -3.81. The van der Waals surface area contributed by atoms with Crippen molar-refractivity contribution in [1.29, 1.82) is 0 Å². The number of aromatic carboxylic acids is 1. The molecule has 2 aromatic carbocycles. The number of carboxylic acids is 1. The molecule has 0 aliphatic carbocycles. The van der Waals surface area contributed by atoms with Gasteiger partial charge in [-0.15, -0.1) is 0 Å². The van der Waals surface area contributed by atoms with E-state index in [9.17, 15) is 19.5 Å². The summed E-state index contributed by atoms with van der Waals surface area (Å²) in [4.78, 5) is 40.4. The van der Waals surface area contributed by atoms with Gasteiger partial charge in [-0.25, -0.2) is 14.2 Å². The van der Waals surface area contributed by atoms with E-state index in [1.54, 1.807) is 56.6 Å². The zero-order valence-corrected chi connectivity index (χ0v) is 14.6. The first-order valence-corrected chi connectivity index (χ1v) is 8.22. The van der Waals surface area contributed by atoms with E-state index in [4.69, 9.17) is 0 Å². The van der Waals surface area contributed by atoms with E-state index in [1.165, 1.54) is 4.57 Å². The molecule has 8 nitrogen and oxygen atoms in total. The summed E-state index contributed by atoms with van der Waals surface area (Å²) in [7, 11) is 3.32. The third kappa shape index (κ3) is 2.34. The van der Waals surface area contributed by atoms with Gasteiger partial charge in [-0.1, -0.05) is 12.1 Å². The highest BCUT2D eigenvalue weighted by molar-refractivity contribution is 6.03. The number of aromatic nitrogens is 3. The van der Waals surface area contributed by atoms with Gasteiger partial charge in [0, 0.05) is 25.2 Å². The molecular formula is C19H16N4O4. The van der Waals surface area contributed by atoms with Crippen molar-refractivity contribution in [2.75, 3.05) is 12.4 Å². The number of hydrogen-bond donors (Lipinski definition) is 3. The highest BCUT2D eigenvalue weighted by Gasteiger charge is 2.25. The topological polar surface area (TPSA) is 109 Å². The van der Waals surface area contributed by atoms with E-state index >= 15 is 0 Å². The summed E-state index contributed by atoms with van der Waals surface area (Å²) in [5, 5.41) is 13.5. The standard InChI is InChI=1S/C19H16N4O4/c1-20-10-7-8-14-12(9-10)15(16(18(25)26)22(14)2)23-17(24)11-5-3-4-6-13(11)21-19(23)27/h3-9,20H,1-2H3,(H,21,27)(H,25,26). The Labute approximate surface area is 152 Å². The molecule has 0 saturated carbocycles. The van der Waals surface area contributed by atoms with Crippen LogP contribution in [0.2, 0.25) is 0 Å². The van der Waals surface area contributed by atoms with E-state index < -0.39 is 17.2 Å². The smallest absolute Gasteiger partial charge is 0.354 e. The maximum absolute atomic E-state index is 13.1. The van der Waals surface area contributed by atoms with Crippen LogP contribution in [0.15, 0.2) is 52.1 Å². The van der Waals surface area contributed by atoms with Crippen molar-refractivity contribution in [2.24, 2.45) is 7.05 Å². The Morgan fingerprint density at radius 2 is 1.85 bits per heavy atom. The lowest BCUT2D eigenvalue weighted by atomic mass is 10.2. The second kappa shape index (κ2) is 5.87. The molecule has 27 heavy (non-hydrogen) atoms. The molecule has 0 aliphatic rings. The summed E-state index contributed by atoms with van der Waals surface area (Å²) in [6.45, 7) is 0. The van der Waals surface area contributed by atoms with Gasteiger partial charge in [0.1, 0.15) is 0 Å². The van der Waals surface area contributed by atoms with Crippen LogP contribution in [0.3, 0.4) is 0 Å². The van der Waals surface area contributed by atoms with Gasteiger partial charge < -0.3 is 20.0 Å². The van der Waals surface area contributed by atoms with Crippen LogP contribution in [0.5, 0.6) is 0 Å². The number of benzene rings is 2. The van der Waals surface area contributed by atoms with Gasteiger partial charge >= 0.3 is 11.7 Å². The van der Waals surface area contributed by atoms with E-state index in [1.807, 2.05) is 0 Å². The molecule has 2 aromatic heterocycles.